The summed E-state index contributed by atoms with van der Waals surface area (Å²) >= 11 is 0. The highest BCUT2D eigenvalue weighted by Gasteiger charge is 2.12. The maximum absolute atomic E-state index is 11.7. The van der Waals surface area contributed by atoms with Crippen molar-refractivity contribution in [2.24, 2.45) is 0 Å². The number of hydrogen-bond acceptors (Lipinski definition) is 3. The van der Waals surface area contributed by atoms with Crippen LogP contribution in [-0.2, 0) is 4.74 Å². The number of unbranched alkanes of at least 4 members (excludes halogenated alkanes) is 1. The van der Waals surface area contributed by atoms with E-state index >= 15 is 0 Å². The average Bonchev–Trinajstić information content (AvgIpc) is 2.40. The van der Waals surface area contributed by atoms with Crippen LogP contribution in [-0.4, -0.2) is 37.4 Å². The molecule has 0 unspecified atom stereocenters. The number of carbonyl (C=O) groups is 2. The van der Waals surface area contributed by atoms with Gasteiger partial charge in [-0.2, -0.15) is 0 Å². The fourth-order valence-electron chi connectivity index (χ4n) is 1.68. The number of amides is 2. The van der Waals surface area contributed by atoms with E-state index in [9.17, 15) is 9.59 Å². The number of methoxy groups -OCH3 is 1. The van der Waals surface area contributed by atoms with Crippen LogP contribution in [0.15, 0.2) is 18.2 Å². The summed E-state index contributed by atoms with van der Waals surface area (Å²) in [5, 5.41) is 14.3. The first-order valence-corrected chi connectivity index (χ1v) is 6.42. The Balaban J connectivity index is 2.51. The van der Waals surface area contributed by atoms with Gasteiger partial charge in [-0.05, 0) is 31.9 Å². The van der Waals surface area contributed by atoms with Crippen molar-refractivity contribution in [1.29, 1.82) is 0 Å². The van der Waals surface area contributed by atoms with Gasteiger partial charge in [-0.15, -0.1) is 0 Å². The van der Waals surface area contributed by atoms with Crippen LogP contribution >= 0.6 is 0 Å². The first kappa shape index (κ1) is 16.0. The molecule has 0 aliphatic rings. The second kappa shape index (κ2) is 8.16. The summed E-state index contributed by atoms with van der Waals surface area (Å²) in [5.41, 5.74) is 1.20. The molecule has 0 aliphatic heterocycles. The number of ether oxygens (including phenoxy) is 1. The van der Waals surface area contributed by atoms with Crippen LogP contribution < -0.4 is 10.6 Å². The predicted molar refractivity (Wildman–Crippen MR) is 76.3 cm³/mol. The second-order valence-corrected chi connectivity index (χ2v) is 4.43. The Bertz CT molecular complexity index is 474. The first-order valence-electron chi connectivity index (χ1n) is 6.42. The van der Waals surface area contributed by atoms with Gasteiger partial charge in [-0.25, -0.2) is 9.59 Å². The van der Waals surface area contributed by atoms with Gasteiger partial charge in [0.1, 0.15) is 0 Å². The Morgan fingerprint density at radius 3 is 2.70 bits per heavy atom. The number of urea groups is 1. The second-order valence-electron chi connectivity index (χ2n) is 4.43. The molecule has 20 heavy (non-hydrogen) atoms. The first-order chi connectivity index (χ1) is 9.54. The van der Waals surface area contributed by atoms with E-state index in [1.54, 1.807) is 26.2 Å². The third-order valence-electron chi connectivity index (χ3n) is 2.71. The molecule has 0 fully saturated rings. The molecule has 0 bridgehead atoms. The zero-order valence-electron chi connectivity index (χ0n) is 11.7. The van der Waals surface area contributed by atoms with Crippen molar-refractivity contribution in [2.75, 3.05) is 25.6 Å². The number of carboxylic acid groups (broad SMARTS) is 1. The maximum atomic E-state index is 11.7. The van der Waals surface area contributed by atoms with Crippen LogP contribution in [0.25, 0.3) is 0 Å². The normalized spacial score (nSPS) is 10.1. The number of hydrogen-bond donors (Lipinski definition) is 3. The van der Waals surface area contributed by atoms with Gasteiger partial charge < -0.3 is 20.5 Å². The van der Waals surface area contributed by atoms with Crippen LogP contribution in [0.4, 0.5) is 10.5 Å². The molecule has 0 radical (unpaired) electrons. The highest BCUT2D eigenvalue weighted by molar-refractivity contribution is 6.00. The van der Waals surface area contributed by atoms with Gasteiger partial charge in [0.2, 0.25) is 0 Å². The van der Waals surface area contributed by atoms with E-state index in [2.05, 4.69) is 10.6 Å². The zero-order valence-corrected chi connectivity index (χ0v) is 11.7. The zero-order chi connectivity index (χ0) is 15.0. The molecule has 110 valence electrons. The Morgan fingerprint density at radius 2 is 2.05 bits per heavy atom. The van der Waals surface area contributed by atoms with Crippen LogP contribution in [0.3, 0.4) is 0 Å². The Kier molecular flexibility index (Phi) is 6.52. The molecule has 0 atom stereocenters. The quantitative estimate of drug-likeness (QED) is 0.668. The smallest absolute Gasteiger partial charge is 0.337 e. The Morgan fingerprint density at radius 1 is 1.30 bits per heavy atom. The lowest BCUT2D eigenvalue weighted by molar-refractivity contribution is 0.0698. The molecule has 0 heterocycles. The van der Waals surface area contributed by atoms with E-state index in [-0.39, 0.29) is 11.3 Å². The van der Waals surface area contributed by atoms with Crippen molar-refractivity contribution in [3.63, 3.8) is 0 Å². The highest BCUT2D eigenvalue weighted by Crippen LogP contribution is 2.17. The number of aromatic carboxylic acids is 1. The minimum absolute atomic E-state index is 0.0829. The molecule has 0 aromatic heterocycles. The van der Waals surface area contributed by atoms with Crippen molar-refractivity contribution >= 4 is 17.7 Å². The van der Waals surface area contributed by atoms with Crippen molar-refractivity contribution in [2.45, 2.75) is 19.8 Å². The van der Waals surface area contributed by atoms with Gasteiger partial charge in [0.05, 0.1) is 11.3 Å². The summed E-state index contributed by atoms with van der Waals surface area (Å²) in [6.45, 7) is 2.97. The number of aryl methyl sites for hydroxylation is 1. The third-order valence-corrected chi connectivity index (χ3v) is 2.71. The standard InChI is InChI=1S/C14H20N2O4/c1-10-5-6-12(11(9-10)13(17)18)16-14(19)15-7-3-4-8-20-2/h5-6,9H,3-4,7-8H2,1-2H3,(H,17,18)(H2,15,16,19). The molecule has 3 N–H and O–H groups in total. The summed E-state index contributed by atoms with van der Waals surface area (Å²) in [4.78, 5) is 22.8. The fourth-order valence-corrected chi connectivity index (χ4v) is 1.68. The number of benzene rings is 1. The van der Waals surface area contributed by atoms with E-state index in [4.69, 9.17) is 9.84 Å². The van der Waals surface area contributed by atoms with E-state index in [0.717, 1.165) is 18.4 Å². The van der Waals surface area contributed by atoms with Gasteiger partial charge in [0, 0.05) is 20.3 Å². The van der Waals surface area contributed by atoms with Crippen molar-refractivity contribution in [3.8, 4) is 0 Å². The molecule has 0 saturated heterocycles. The highest BCUT2D eigenvalue weighted by atomic mass is 16.5. The predicted octanol–water partition coefficient (Wildman–Crippen LogP) is 2.24. The third kappa shape index (κ3) is 5.27. The molecule has 0 saturated carbocycles. The largest absolute Gasteiger partial charge is 0.478 e. The van der Waals surface area contributed by atoms with Crippen molar-refractivity contribution in [3.05, 3.63) is 29.3 Å². The van der Waals surface area contributed by atoms with E-state index < -0.39 is 12.0 Å². The van der Waals surface area contributed by atoms with Crippen LogP contribution in [0.5, 0.6) is 0 Å². The summed E-state index contributed by atoms with van der Waals surface area (Å²) in [6.07, 6.45) is 1.67. The molecule has 6 nitrogen and oxygen atoms in total. The van der Waals surface area contributed by atoms with Gasteiger partial charge >= 0.3 is 12.0 Å². The minimum Gasteiger partial charge on any atom is -0.478 e. The van der Waals surface area contributed by atoms with Gasteiger partial charge in [0.15, 0.2) is 0 Å². The maximum Gasteiger partial charge on any atom is 0.337 e. The summed E-state index contributed by atoms with van der Waals surface area (Å²) < 4.78 is 4.90. The SMILES string of the molecule is COCCCCNC(=O)Nc1ccc(C)cc1C(=O)O. The number of carbonyl (C=O) groups excluding carboxylic acids is 1. The van der Waals surface area contributed by atoms with Crippen LogP contribution in [0, 0.1) is 6.92 Å². The molecule has 6 heteroatoms. The molecular weight excluding hydrogens is 260 g/mol. The molecule has 1 aromatic rings. The average molecular weight is 280 g/mol. The topological polar surface area (TPSA) is 87.7 Å². The number of nitrogens with one attached hydrogen (secondary N) is 2. The number of rotatable bonds is 7. The summed E-state index contributed by atoms with van der Waals surface area (Å²) in [7, 11) is 1.63. The summed E-state index contributed by atoms with van der Waals surface area (Å²) in [6, 6.07) is 4.45. The van der Waals surface area contributed by atoms with E-state index in [1.165, 1.54) is 6.07 Å². The lowest BCUT2D eigenvalue weighted by Gasteiger charge is -2.10. The van der Waals surface area contributed by atoms with Crippen LogP contribution in [0.2, 0.25) is 0 Å². The minimum atomic E-state index is -1.07. The molecule has 0 aliphatic carbocycles. The van der Waals surface area contributed by atoms with Gasteiger partial charge in [-0.1, -0.05) is 11.6 Å². The number of carboxylic acids is 1. The van der Waals surface area contributed by atoms with Crippen molar-refractivity contribution in [1.82, 2.24) is 5.32 Å². The van der Waals surface area contributed by atoms with Crippen LogP contribution in [0.1, 0.15) is 28.8 Å². The van der Waals surface area contributed by atoms with E-state index in [1.807, 2.05) is 0 Å². The Hall–Kier alpha value is -2.08. The molecular formula is C14H20N2O4. The monoisotopic (exact) mass is 280 g/mol. The van der Waals surface area contributed by atoms with Gasteiger partial charge in [-0.3, -0.25) is 0 Å². The Labute approximate surface area is 118 Å². The number of anilines is 1. The van der Waals surface area contributed by atoms with Gasteiger partial charge in [0.25, 0.3) is 0 Å². The fraction of sp³-hybridized carbons (Fsp3) is 0.429. The van der Waals surface area contributed by atoms with E-state index in [0.29, 0.717) is 13.2 Å². The molecule has 2 amide bonds. The molecule has 1 rings (SSSR count). The van der Waals surface area contributed by atoms with Crippen molar-refractivity contribution < 1.29 is 19.4 Å². The molecule has 1 aromatic carbocycles. The summed E-state index contributed by atoms with van der Waals surface area (Å²) in [5.74, 6) is -1.07. The lowest BCUT2D eigenvalue weighted by Crippen LogP contribution is -2.30. The molecule has 0 spiro atoms. The lowest BCUT2D eigenvalue weighted by atomic mass is 10.1.